The molecule has 10 nitrogen and oxygen atoms in total. The lowest BCUT2D eigenvalue weighted by atomic mass is 9.34. The fraction of sp³-hybridized carbons (Fsp3) is 0.733. The molecule has 1 unspecified atom stereocenters. The van der Waals surface area contributed by atoms with Gasteiger partial charge >= 0.3 is 17.9 Å². The summed E-state index contributed by atoms with van der Waals surface area (Å²) in [6.07, 6.45) is 7.23. The first-order chi connectivity index (χ1) is 26.2. The van der Waals surface area contributed by atoms with E-state index in [0.29, 0.717) is 68.4 Å². The number of aliphatic carboxylic acids is 1. The maximum atomic E-state index is 13.7. The van der Waals surface area contributed by atoms with Crippen molar-refractivity contribution in [1.29, 1.82) is 0 Å². The van der Waals surface area contributed by atoms with Gasteiger partial charge in [-0.25, -0.2) is 0 Å². The van der Waals surface area contributed by atoms with Crippen LogP contribution in [0.5, 0.6) is 0 Å². The standard InChI is InChI=1S/C45H65ClN2O8/c1-26(2)27(3)41(5)19-20-43(7)31-15-16-35-42(6)24-54-25-45(35,32(31)17-18-44(43,8)36(41)39(51)52)23-34(55-28(4)49)37(42)56-40(53)33(47)14-9-10-21-48-38(50)29-12-11-13-30(46)22-29/h11-13,17,22,26-27,31,33-37H,9-10,14-16,18-21,23-25,47H2,1-8H3,(H,48,50)(H,51,52)/t27-,31+,33?,34-,35+,36-,37+,41-,42-,43-,44+,45+/m1/s1. The molecule has 0 aromatic heterocycles. The van der Waals surface area contributed by atoms with Crippen molar-refractivity contribution in [3.05, 3.63) is 46.5 Å². The molecule has 4 fully saturated rings. The maximum Gasteiger partial charge on any atom is 0.323 e. The summed E-state index contributed by atoms with van der Waals surface area (Å²) in [5.74, 6) is -1.49. The summed E-state index contributed by atoms with van der Waals surface area (Å²) in [7, 11) is 0. The zero-order valence-corrected chi connectivity index (χ0v) is 35.5. The molecular formula is C45H65ClN2O8. The number of carbonyl (C=O) groups is 4. The van der Waals surface area contributed by atoms with Gasteiger partial charge in [0.2, 0.25) is 0 Å². The number of unbranched alkanes of at least 4 members (excludes halogenated alkanes) is 1. The smallest absolute Gasteiger partial charge is 0.323 e. The molecule has 4 N–H and O–H groups in total. The Morgan fingerprint density at radius 1 is 1.02 bits per heavy atom. The van der Waals surface area contributed by atoms with E-state index in [1.165, 1.54) is 12.5 Å². The lowest BCUT2D eigenvalue weighted by Gasteiger charge is -2.71. The largest absolute Gasteiger partial charge is 0.481 e. The second-order valence-corrected chi connectivity index (χ2v) is 19.9. The van der Waals surface area contributed by atoms with Crippen LogP contribution in [0.1, 0.15) is 124 Å². The topological polar surface area (TPSA) is 154 Å². The van der Waals surface area contributed by atoms with Gasteiger partial charge in [0.25, 0.3) is 5.91 Å². The summed E-state index contributed by atoms with van der Waals surface area (Å²) in [5.41, 5.74) is 6.11. The Balaban J connectivity index is 1.21. The molecule has 6 rings (SSSR count). The SMILES string of the molecule is CC(=O)O[C@@H]1C[C@@]23COC[C@](C)([C@@H]2CC[C@H]2C3=CC[C@@]3(C)[C@H](C(=O)O)[C@@](C)([C@H](C)C(C)C)CC[C@]23C)[C@H]1OC(=O)C(N)CCCCNC(=O)c1cccc(Cl)c1. The number of carbonyl (C=O) groups excluding carboxylic acids is 3. The Kier molecular flexibility index (Phi) is 11.9. The first-order valence-corrected chi connectivity index (χ1v) is 21.3. The predicted molar refractivity (Wildman–Crippen MR) is 215 cm³/mol. The molecule has 4 aliphatic carbocycles. The van der Waals surface area contributed by atoms with Crippen LogP contribution in [0.4, 0.5) is 0 Å². The van der Waals surface area contributed by atoms with Gasteiger partial charge in [0, 0.05) is 34.9 Å². The summed E-state index contributed by atoms with van der Waals surface area (Å²) in [6, 6.07) is 5.87. The zero-order chi connectivity index (χ0) is 41.0. The fourth-order valence-corrected chi connectivity index (χ4v) is 13.0. The third-order valence-corrected chi connectivity index (χ3v) is 16.5. The Labute approximate surface area is 338 Å². The van der Waals surface area contributed by atoms with E-state index < -0.39 is 58.3 Å². The first kappa shape index (κ1) is 42.7. The summed E-state index contributed by atoms with van der Waals surface area (Å²) < 4.78 is 19.0. The van der Waals surface area contributed by atoms with E-state index in [1.807, 2.05) is 0 Å². The van der Waals surface area contributed by atoms with Crippen molar-refractivity contribution < 1.29 is 38.5 Å². The van der Waals surface area contributed by atoms with Gasteiger partial charge in [-0.15, -0.1) is 0 Å². The van der Waals surface area contributed by atoms with E-state index in [0.717, 1.165) is 25.7 Å². The number of nitrogens with two attached hydrogens (primary N) is 1. The molecule has 1 saturated heterocycles. The Bertz CT molecular complexity index is 1730. The normalized spacial score (nSPS) is 38.5. The third-order valence-electron chi connectivity index (χ3n) is 16.2. The number of carboxylic acids is 1. The number of fused-ring (bicyclic) bond motifs is 3. The summed E-state index contributed by atoms with van der Waals surface area (Å²) >= 11 is 6.02. The number of allylic oxidation sites excluding steroid dienone is 1. The number of rotatable bonds is 12. The second kappa shape index (κ2) is 15.7. The monoisotopic (exact) mass is 796 g/mol. The van der Waals surface area contributed by atoms with Crippen molar-refractivity contribution in [2.75, 3.05) is 19.8 Å². The van der Waals surface area contributed by atoms with Gasteiger partial charge in [-0.05, 0) is 116 Å². The highest BCUT2D eigenvalue weighted by atomic mass is 35.5. The minimum Gasteiger partial charge on any atom is -0.481 e. The van der Waals surface area contributed by atoms with Crippen molar-refractivity contribution in [1.82, 2.24) is 5.32 Å². The van der Waals surface area contributed by atoms with Gasteiger partial charge in [-0.2, -0.15) is 0 Å². The molecule has 1 aromatic rings. The number of amides is 1. The molecule has 5 aliphatic rings. The van der Waals surface area contributed by atoms with E-state index in [4.69, 9.17) is 31.5 Å². The maximum absolute atomic E-state index is 13.7. The van der Waals surface area contributed by atoms with Crippen molar-refractivity contribution in [2.45, 2.75) is 131 Å². The molecule has 1 aliphatic heterocycles. The lowest BCUT2D eigenvalue weighted by Crippen LogP contribution is -2.70. The van der Waals surface area contributed by atoms with Gasteiger partial charge < -0.3 is 30.4 Å². The Hall–Kier alpha value is -2.95. The number of nitrogens with one attached hydrogen (secondary N) is 1. The van der Waals surface area contributed by atoms with Crippen molar-refractivity contribution in [2.24, 2.45) is 62.4 Å². The number of hydrogen-bond donors (Lipinski definition) is 3. The molecule has 0 radical (unpaired) electrons. The minimum absolute atomic E-state index is 0.105. The predicted octanol–water partition coefficient (Wildman–Crippen LogP) is 8.00. The Morgan fingerprint density at radius 3 is 2.41 bits per heavy atom. The number of hydrogen-bond acceptors (Lipinski definition) is 8. The molecule has 1 amide bonds. The van der Waals surface area contributed by atoms with Crippen molar-refractivity contribution >= 4 is 35.4 Å². The lowest BCUT2D eigenvalue weighted by molar-refractivity contribution is -0.263. The summed E-state index contributed by atoms with van der Waals surface area (Å²) in [5, 5.41) is 14.4. The molecular weight excluding hydrogens is 732 g/mol. The van der Waals surface area contributed by atoms with Gasteiger partial charge in [0.1, 0.15) is 18.2 Å². The average molecular weight is 797 g/mol. The van der Waals surface area contributed by atoms with Crippen LogP contribution < -0.4 is 11.1 Å². The second-order valence-electron chi connectivity index (χ2n) is 19.4. The van der Waals surface area contributed by atoms with Crippen LogP contribution >= 0.6 is 11.6 Å². The van der Waals surface area contributed by atoms with Crippen LogP contribution in [0, 0.1) is 56.7 Å². The molecule has 3 saturated carbocycles. The van der Waals surface area contributed by atoms with Gasteiger partial charge in [-0.3, -0.25) is 19.2 Å². The van der Waals surface area contributed by atoms with Crippen LogP contribution in [-0.2, 0) is 28.6 Å². The molecule has 310 valence electrons. The molecule has 56 heavy (non-hydrogen) atoms. The van der Waals surface area contributed by atoms with Crippen molar-refractivity contribution in [3.8, 4) is 0 Å². The number of esters is 2. The molecule has 0 spiro atoms. The van der Waals surface area contributed by atoms with Crippen LogP contribution in [0.15, 0.2) is 35.9 Å². The van der Waals surface area contributed by atoms with E-state index in [1.54, 1.807) is 24.3 Å². The van der Waals surface area contributed by atoms with Gasteiger partial charge in [0.05, 0.1) is 19.1 Å². The van der Waals surface area contributed by atoms with Crippen LogP contribution in [0.25, 0.3) is 0 Å². The highest BCUT2D eigenvalue weighted by Gasteiger charge is 2.72. The quantitative estimate of drug-likeness (QED) is 0.108. The van der Waals surface area contributed by atoms with Crippen molar-refractivity contribution in [3.63, 3.8) is 0 Å². The third kappa shape index (κ3) is 7.01. The van der Waals surface area contributed by atoms with Crippen LogP contribution in [0.3, 0.4) is 0 Å². The zero-order valence-electron chi connectivity index (χ0n) is 34.8. The highest BCUT2D eigenvalue weighted by Crippen LogP contribution is 2.75. The molecule has 1 aromatic carbocycles. The summed E-state index contributed by atoms with van der Waals surface area (Å²) in [4.78, 5) is 52.3. The fourth-order valence-electron chi connectivity index (χ4n) is 12.9. The van der Waals surface area contributed by atoms with Crippen LogP contribution in [0.2, 0.25) is 5.02 Å². The van der Waals surface area contributed by atoms with Crippen LogP contribution in [-0.4, -0.2) is 66.9 Å². The number of ether oxygens (including phenoxy) is 3. The molecule has 1 heterocycles. The van der Waals surface area contributed by atoms with Gasteiger partial charge in [0.15, 0.2) is 0 Å². The number of benzene rings is 1. The van der Waals surface area contributed by atoms with E-state index >= 15 is 0 Å². The number of carboxylic acid groups (broad SMARTS) is 1. The van der Waals surface area contributed by atoms with E-state index in [9.17, 15) is 24.3 Å². The molecule has 2 bridgehead atoms. The molecule has 11 heteroatoms. The summed E-state index contributed by atoms with van der Waals surface area (Å²) in [6.45, 7) is 18.2. The van der Waals surface area contributed by atoms with E-state index in [2.05, 4.69) is 59.9 Å². The molecule has 12 atom stereocenters. The Morgan fingerprint density at radius 2 is 1.75 bits per heavy atom. The van der Waals surface area contributed by atoms with E-state index in [-0.39, 0.29) is 34.5 Å². The minimum atomic E-state index is -0.886. The average Bonchev–Trinajstić information content (AvgIpc) is 3.12. The first-order valence-electron chi connectivity index (χ1n) is 20.9. The number of halogens is 1. The van der Waals surface area contributed by atoms with Gasteiger partial charge in [-0.1, -0.05) is 77.8 Å². The highest BCUT2D eigenvalue weighted by molar-refractivity contribution is 6.30.